The third-order valence-corrected chi connectivity index (χ3v) is 6.69. The minimum Gasteiger partial charge on any atom is -0.382 e. The summed E-state index contributed by atoms with van der Waals surface area (Å²) in [4.78, 5) is 21.2. The number of nitrogens with two attached hydrogens (primary N) is 1. The van der Waals surface area contributed by atoms with Crippen molar-refractivity contribution in [2.24, 2.45) is 0 Å². The van der Waals surface area contributed by atoms with Gasteiger partial charge in [0.15, 0.2) is 5.82 Å². The van der Waals surface area contributed by atoms with Crippen molar-refractivity contribution in [3.05, 3.63) is 49.1 Å². The van der Waals surface area contributed by atoms with Crippen molar-refractivity contribution in [2.45, 2.75) is 32.4 Å². The molecule has 182 valence electrons. The highest BCUT2D eigenvalue weighted by molar-refractivity contribution is 6.01. The average Bonchev–Trinajstić information content (AvgIpc) is 3.43. The molecule has 0 unspecified atom stereocenters. The number of alkyl halides is 2. The van der Waals surface area contributed by atoms with Crippen LogP contribution in [0.25, 0.3) is 27.9 Å². The van der Waals surface area contributed by atoms with Crippen molar-refractivity contribution >= 4 is 22.9 Å². The second kappa shape index (κ2) is 8.42. The van der Waals surface area contributed by atoms with E-state index in [-0.39, 0.29) is 11.7 Å². The molecule has 0 spiro atoms. The maximum Gasteiger partial charge on any atom is 0.257 e. The second-order valence-electron chi connectivity index (χ2n) is 9.18. The third kappa shape index (κ3) is 3.91. The number of piperazine rings is 1. The summed E-state index contributed by atoms with van der Waals surface area (Å²) in [6.45, 7) is 4.69. The molecule has 0 bridgehead atoms. The number of amides is 1. The Morgan fingerprint density at radius 1 is 1.14 bits per heavy atom. The number of halogens is 2. The predicted molar refractivity (Wildman–Crippen MR) is 129 cm³/mol. The number of anilines is 2. The van der Waals surface area contributed by atoms with Gasteiger partial charge in [-0.15, -0.1) is 0 Å². The zero-order valence-corrected chi connectivity index (χ0v) is 19.7. The lowest BCUT2D eigenvalue weighted by molar-refractivity contribution is -0.130. The van der Waals surface area contributed by atoms with Crippen LogP contribution in [0.15, 0.2) is 49.1 Å². The number of fused-ring (bicyclic) bond motifs is 1. The summed E-state index contributed by atoms with van der Waals surface area (Å²) in [5.41, 5.74) is 9.81. The van der Waals surface area contributed by atoms with Crippen molar-refractivity contribution in [1.82, 2.24) is 29.3 Å². The van der Waals surface area contributed by atoms with Gasteiger partial charge in [0.1, 0.15) is 18.4 Å². The molecular weight excluding hydrogens is 454 g/mol. The molecule has 4 heterocycles. The van der Waals surface area contributed by atoms with E-state index in [0.717, 1.165) is 23.5 Å². The number of hydrogen-bond acceptors (Lipinski definition) is 6. The van der Waals surface area contributed by atoms with Crippen LogP contribution in [0.4, 0.5) is 20.3 Å². The van der Waals surface area contributed by atoms with Crippen LogP contribution in [-0.4, -0.2) is 67.3 Å². The van der Waals surface area contributed by atoms with Crippen LogP contribution in [0.5, 0.6) is 0 Å². The van der Waals surface area contributed by atoms with Crippen LogP contribution < -0.4 is 10.6 Å². The van der Waals surface area contributed by atoms with E-state index in [1.165, 1.54) is 17.2 Å². The SMILES string of the molecule is CN1CCN(c2cccc(-c3cc(-c4cnn(CC(F)F)c4)c4c(N)ncnn34)c2)C(=O)C1(C)C. The Bertz CT molecular complexity index is 1410. The molecule has 1 saturated heterocycles. The van der Waals surface area contributed by atoms with Crippen molar-refractivity contribution in [1.29, 1.82) is 0 Å². The zero-order chi connectivity index (χ0) is 24.9. The van der Waals surface area contributed by atoms with Gasteiger partial charge in [-0.25, -0.2) is 18.3 Å². The maximum atomic E-state index is 13.2. The highest BCUT2D eigenvalue weighted by Gasteiger charge is 2.40. The van der Waals surface area contributed by atoms with E-state index in [1.807, 2.05) is 51.2 Å². The summed E-state index contributed by atoms with van der Waals surface area (Å²) in [6.07, 6.45) is 1.93. The fourth-order valence-corrected chi connectivity index (χ4v) is 4.44. The molecule has 1 aromatic carbocycles. The Morgan fingerprint density at radius 2 is 1.94 bits per heavy atom. The Hall–Kier alpha value is -3.86. The summed E-state index contributed by atoms with van der Waals surface area (Å²) in [7, 11) is 1.95. The monoisotopic (exact) mass is 480 g/mol. The highest BCUT2D eigenvalue weighted by Crippen LogP contribution is 2.36. The molecule has 1 aliphatic heterocycles. The summed E-state index contributed by atoms with van der Waals surface area (Å²) in [5.74, 6) is 0.289. The molecule has 0 saturated carbocycles. The van der Waals surface area contributed by atoms with Gasteiger partial charge in [-0.2, -0.15) is 10.2 Å². The summed E-state index contributed by atoms with van der Waals surface area (Å²) >= 11 is 0. The lowest BCUT2D eigenvalue weighted by Crippen LogP contribution is -2.61. The number of carbonyl (C=O) groups excluding carboxylic acids is 1. The minimum absolute atomic E-state index is 0.0297. The van der Waals surface area contributed by atoms with Gasteiger partial charge in [0, 0.05) is 41.7 Å². The number of nitrogens with zero attached hydrogens (tertiary/aromatic N) is 7. The topological polar surface area (TPSA) is 97.6 Å². The standard InChI is InChI=1S/C24H26F2N8O/c1-24(2)23(35)33(8-7-31(24)3)17-6-4-5-15(9-17)19-10-18(21-22(27)28-14-30-34(19)21)16-11-29-32(12-16)13-20(25)26/h4-6,9-12,14,20H,7-8,13H2,1-3H3,(H2,27,28,30). The number of benzene rings is 1. The first kappa shape index (κ1) is 22.9. The van der Waals surface area contributed by atoms with Crippen LogP contribution in [0.2, 0.25) is 0 Å². The molecule has 4 aromatic rings. The first-order valence-electron chi connectivity index (χ1n) is 11.2. The van der Waals surface area contributed by atoms with Gasteiger partial charge in [0.25, 0.3) is 6.43 Å². The van der Waals surface area contributed by atoms with Crippen molar-refractivity contribution in [3.63, 3.8) is 0 Å². The number of carbonyl (C=O) groups is 1. The van der Waals surface area contributed by atoms with Gasteiger partial charge in [0.05, 0.1) is 17.4 Å². The van der Waals surface area contributed by atoms with Crippen LogP contribution in [0, 0.1) is 0 Å². The summed E-state index contributed by atoms with van der Waals surface area (Å²) < 4.78 is 28.5. The number of hydrogen-bond donors (Lipinski definition) is 1. The molecule has 0 radical (unpaired) electrons. The van der Waals surface area contributed by atoms with E-state index in [0.29, 0.717) is 23.2 Å². The lowest BCUT2D eigenvalue weighted by Gasteiger charge is -2.44. The molecule has 1 amide bonds. The molecule has 1 fully saturated rings. The van der Waals surface area contributed by atoms with E-state index in [4.69, 9.17) is 5.73 Å². The van der Waals surface area contributed by atoms with Gasteiger partial charge in [-0.1, -0.05) is 12.1 Å². The Morgan fingerprint density at radius 3 is 2.71 bits per heavy atom. The summed E-state index contributed by atoms with van der Waals surface area (Å²) in [5, 5.41) is 8.45. The molecule has 11 heteroatoms. The van der Waals surface area contributed by atoms with Crippen LogP contribution in [0.1, 0.15) is 13.8 Å². The molecule has 2 N–H and O–H groups in total. The van der Waals surface area contributed by atoms with E-state index >= 15 is 0 Å². The fourth-order valence-electron chi connectivity index (χ4n) is 4.44. The number of nitrogen functional groups attached to an aromatic ring is 1. The lowest BCUT2D eigenvalue weighted by atomic mass is 9.97. The first-order chi connectivity index (χ1) is 16.7. The van der Waals surface area contributed by atoms with Crippen LogP contribution >= 0.6 is 0 Å². The Kier molecular flexibility index (Phi) is 5.51. The zero-order valence-electron chi connectivity index (χ0n) is 19.7. The van der Waals surface area contributed by atoms with Gasteiger partial charge in [-0.3, -0.25) is 14.4 Å². The smallest absolute Gasteiger partial charge is 0.257 e. The van der Waals surface area contributed by atoms with E-state index in [9.17, 15) is 13.6 Å². The van der Waals surface area contributed by atoms with Gasteiger partial charge >= 0.3 is 0 Å². The largest absolute Gasteiger partial charge is 0.382 e. The quantitative estimate of drug-likeness (QED) is 0.471. The molecular formula is C24H26F2N8O. The minimum atomic E-state index is -2.51. The number of likely N-dealkylation sites (N-methyl/N-ethyl adjacent to an activating group) is 1. The third-order valence-electron chi connectivity index (χ3n) is 6.69. The average molecular weight is 481 g/mol. The number of aromatic nitrogens is 5. The second-order valence-corrected chi connectivity index (χ2v) is 9.18. The fraction of sp³-hybridized carbons (Fsp3) is 0.333. The van der Waals surface area contributed by atoms with Gasteiger partial charge < -0.3 is 10.6 Å². The highest BCUT2D eigenvalue weighted by atomic mass is 19.3. The molecule has 0 aliphatic carbocycles. The molecule has 3 aromatic heterocycles. The molecule has 0 atom stereocenters. The van der Waals surface area contributed by atoms with Gasteiger partial charge in [0.2, 0.25) is 5.91 Å². The Balaban J connectivity index is 1.59. The molecule has 5 rings (SSSR count). The Labute approximate surface area is 200 Å². The van der Waals surface area contributed by atoms with Crippen molar-refractivity contribution in [3.8, 4) is 22.4 Å². The van der Waals surface area contributed by atoms with Crippen LogP contribution in [0.3, 0.4) is 0 Å². The van der Waals surface area contributed by atoms with E-state index in [2.05, 4.69) is 20.1 Å². The number of rotatable bonds is 5. The normalized spacial score (nSPS) is 16.5. The predicted octanol–water partition coefficient (Wildman–Crippen LogP) is 3.16. The van der Waals surface area contributed by atoms with Crippen LogP contribution in [-0.2, 0) is 11.3 Å². The maximum absolute atomic E-state index is 13.2. The molecule has 35 heavy (non-hydrogen) atoms. The van der Waals surface area contributed by atoms with Crippen molar-refractivity contribution < 1.29 is 13.6 Å². The van der Waals surface area contributed by atoms with Gasteiger partial charge in [-0.05, 0) is 39.1 Å². The van der Waals surface area contributed by atoms with E-state index in [1.54, 1.807) is 15.6 Å². The van der Waals surface area contributed by atoms with Crippen molar-refractivity contribution in [2.75, 3.05) is 30.8 Å². The molecule has 9 nitrogen and oxygen atoms in total. The van der Waals surface area contributed by atoms with E-state index < -0.39 is 18.5 Å². The first-order valence-corrected chi connectivity index (χ1v) is 11.2. The molecule has 1 aliphatic rings. The summed E-state index contributed by atoms with van der Waals surface area (Å²) in [6, 6.07) is 9.58.